The number of carbonyl (C=O) groups excluding carboxylic acids is 2. The van der Waals surface area contributed by atoms with Gasteiger partial charge in [-0.05, 0) is 36.0 Å². The highest BCUT2D eigenvalue weighted by atomic mass is 16.6. The Balaban J connectivity index is 1.41. The fourth-order valence-corrected chi connectivity index (χ4v) is 5.03. The highest BCUT2D eigenvalue weighted by Crippen LogP contribution is 2.32. The number of alkyl carbamates (subject to hydrolysis) is 1. The van der Waals surface area contributed by atoms with Crippen molar-refractivity contribution >= 4 is 12.0 Å². The molecule has 6 atom stereocenters. The highest BCUT2D eigenvalue weighted by molar-refractivity contribution is 5.79. The molecule has 1 aliphatic carbocycles. The molecule has 8 nitrogen and oxygen atoms in total. The van der Waals surface area contributed by atoms with E-state index >= 15 is 0 Å². The Morgan fingerprint density at radius 1 is 1.14 bits per heavy atom. The molecule has 1 fully saturated rings. The lowest BCUT2D eigenvalue weighted by Crippen LogP contribution is -2.48. The Hall–Kier alpha value is -2.94. The molecule has 2 aliphatic rings. The molecule has 1 heterocycles. The summed E-state index contributed by atoms with van der Waals surface area (Å²) in [5.74, 6) is -0.708. The lowest BCUT2D eigenvalue weighted by atomic mass is 9.91. The summed E-state index contributed by atoms with van der Waals surface area (Å²) in [5.41, 5.74) is 2.91. The number of hydrogen-bond acceptors (Lipinski definition) is 6. The van der Waals surface area contributed by atoms with Crippen LogP contribution in [0.15, 0.2) is 54.6 Å². The van der Waals surface area contributed by atoms with Gasteiger partial charge in [0.2, 0.25) is 5.91 Å². The monoisotopic (exact) mass is 496 g/mol. The smallest absolute Gasteiger partial charge is 0.407 e. The number of benzene rings is 2. The van der Waals surface area contributed by atoms with E-state index in [-0.39, 0.29) is 18.4 Å². The van der Waals surface area contributed by atoms with Crippen molar-refractivity contribution in [1.82, 2.24) is 10.6 Å². The first kappa shape index (κ1) is 26.1. The maximum atomic E-state index is 13.2. The molecule has 36 heavy (non-hydrogen) atoms. The number of aliphatic hydroxyl groups is 2. The topological polar surface area (TPSA) is 117 Å². The molecule has 8 heteroatoms. The fraction of sp³-hybridized carbons (Fsp3) is 0.500. The largest absolute Gasteiger partial charge is 0.444 e. The second-order valence-corrected chi connectivity index (χ2v) is 9.70. The Labute approximate surface area is 212 Å². The maximum Gasteiger partial charge on any atom is 0.407 e. The summed E-state index contributed by atoms with van der Waals surface area (Å²) < 4.78 is 10.7. The van der Waals surface area contributed by atoms with Crippen LogP contribution in [0.1, 0.15) is 48.9 Å². The molecule has 0 saturated carbocycles. The lowest BCUT2D eigenvalue weighted by Gasteiger charge is -2.28. The second-order valence-electron chi connectivity index (χ2n) is 9.70. The zero-order chi connectivity index (χ0) is 25.5. The van der Waals surface area contributed by atoms with Crippen molar-refractivity contribution in [1.29, 1.82) is 0 Å². The van der Waals surface area contributed by atoms with Crippen LogP contribution in [-0.2, 0) is 27.1 Å². The molecule has 1 aliphatic heterocycles. The molecule has 4 rings (SSSR count). The number of rotatable bonds is 10. The van der Waals surface area contributed by atoms with Crippen molar-refractivity contribution in [2.24, 2.45) is 5.92 Å². The molecule has 4 N–H and O–H groups in total. The zero-order valence-corrected chi connectivity index (χ0v) is 20.6. The summed E-state index contributed by atoms with van der Waals surface area (Å²) in [4.78, 5) is 25.8. The van der Waals surface area contributed by atoms with Crippen LogP contribution in [0.25, 0.3) is 0 Å². The number of ether oxygens (including phenoxy) is 2. The Morgan fingerprint density at radius 3 is 2.61 bits per heavy atom. The van der Waals surface area contributed by atoms with Crippen LogP contribution in [0.2, 0.25) is 0 Å². The van der Waals surface area contributed by atoms with Crippen molar-refractivity contribution in [3.63, 3.8) is 0 Å². The zero-order valence-electron chi connectivity index (χ0n) is 20.6. The predicted octanol–water partition coefficient (Wildman–Crippen LogP) is 2.66. The summed E-state index contributed by atoms with van der Waals surface area (Å²) in [5, 5.41) is 27.5. The maximum absolute atomic E-state index is 13.2. The van der Waals surface area contributed by atoms with Gasteiger partial charge in [0.05, 0.1) is 37.5 Å². The van der Waals surface area contributed by atoms with E-state index in [4.69, 9.17) is 9.47 Å². The molecule has 0 unspecified atom stereocenters. The Bertz CT molecular complexity index is 1010. The van der Waals surface area contributed by atoms with Crippen LogP contribution in [0.3, 0.4) is 0 Å². The predicted molar refractivity (Wildman–Crippen MR) is 134 cm³/mol. The first-order valence-electron chi connectivity index (χ1n) is 12.8. The van der Waals surface area contributed by atoms with Gasteiger partial charge in [-0.2, -0.15) is 0 Å². The first-order valence-corrected chi connectivity index (χ1v) is 12.8. The molecule has 0 radical (unpaired) electrons. The lowest BCUT2D eigenvalue weighted by molar-refractivity contribution is -0.127. The summed E-state index contributed by atoms with van der Waals surface area (Å²) in [6.45, 7) is 2.82. The van der Waals surface area contributed by atoms with Crippen molar-refractivity contribution < 1.29 is 29.3 Å². The van der Waals surface area contributed by atoms with Gasteiger partial charge >= 0.3 is 6.09 Å². The van der Waals surface area contributed by atoms with Crippen LogP contribution in [0.5, 0.6) is 0 Å². The quantitative estimate of drug-likeness (QED) is 0.402. The molecule has 194 valence electrons. The Kier molecular flexibility index (Phi) is 8.96. The van der Waals surface area contributed by atoms with Gasteiger partial charge in [-0.25, -0.2) is 4.79 Å². The minimum atomic E-state index is -0.978. The number of fused-ring (bicyclic) bond motifs is 1. The van der Waals surface area contributed by atoms with Gasteiger partial charge in [0.25, 0.3) is 0 Å². The number of nitrogens with one attached hydrogen (secondary N) is 2. The van der Waals surface area contributed by atoms with Crippen LogP contribution in [0.4, 0.5) is 4.79 Å². The van der Waals surface area contributed by atoms with Gasteiger partial charge in [0.15, 0.2) is 0 Å². The number of carbonyl (C=O) groups is 2. The van der Waals surface area contributed by atoms with Crippen LogP contribution in [0, 0.1) is 5.92 Å². The first-order chi connectivity index (χ1) is 17.4. The average molecular weight is 497 g/mol. The van der Waals surface area contributed by atoms with E-state index in [0.29, 0.717) is 38.9 Å². The van der Waals surface area contributed by atoms with E-state index < -0.39 is 36.3 Å². The van der Waals surface area contributed by atoms with E-state index in [9.17, 15) is 19.8 Å². The normalized spacial score (nSPS) is 23.4. The van der Waals surface area contributed by atoms with Gasteiger partial charge in [-0.1, -0.05) is 61.5 Å². The molecule has 1 saturated heterocycles. The van der Waals surface area contributed by atoms with Crippen molar-refractivity contribution in [3.05, 3.63) is 71.3 Å². The van der Waals surface area contributed by atoms with Gasteiger partial charge in [0, 0.05) is 18.8 Å². The molecule has 0 bridgehead atoms. The summed E-state index contributed by atoms with van der Waals surface area (Å²) in [6.07, 6.45) is -0.351. The molecular weight excluding hydrogens is 460 g/mol. The van der Waals surface area contributed by atoms with Gasteiger partial charge in [0.1, 0.15) is 6.10 Å². The summed E-state index contributed by atoms with van der Waals surface area (Å²) in [7, 11) is 0. The minimum absolute atomic E-state index is 0.164. The number of aliphatic hydroxyl groups excluding tert-OH is 2. The van der Waals surface area contributed by atoms with E-state index in [1.165, 1.54) is 0 Å². The summed E-state index contributed by atoms with van der Waals surface area (Å²) in [6, 6.07) is 16.2. The third-order valence-electron chi connectivity index (χ3n) is 7.12. The third-order valence-corrected chi connectivity index (χ3v) is 7.12. The minimum Gasteiger partial charge on any atom is -0.444 e. The number of amides is 2. The molecule has 2 aromatic rings. The van der Waals surface area contributed by atoms with Crippen molar-refractivity contribution in [2.75, 3.05) is 13.2 Å². The highest BCUT2D eigenvalue weighted by Gasteiger charge is 2.35. The van der Waals surface area contributed by atoms with Crippen molar-refractivity contribution in [2.45, 2.75) is 69.4 Å². The molecule has 0 aromatic heterocycles. The third kappa shape index (κ3) is 6.63. The van der Waals surface area contributed by atoms with Crippen molar-refractivity contribution in [3.8, 4) is 0 Å². The van der Waals surface area contributed by atoms with E-state index in [1.807, 2.05) is 61.5 Å². The fourth-order valence-electron chi connectivity index (χ4n) is 5.03. The van der Waals surface area contributed by atoms with Crippen LogP contribution < -0.4 is 10.6 Å². The molecule has 0 spiro atoms. The van der Waals surface area contributed by atoms with Gasteiger partial charge in [-0.15, -0.1) is 0 Å². The molecule has 2 aromatic carbocycles. The van der Waals surface area contributed by atoms with E-state index in [0.717, 1.165) is 16.7 Å². The van der Waals surface area contributed by atoms with E-state index in [1.54, 1.807) is 0 Å². The van der Waals surface area contributed by atoms with E-state index in [2.05, 4.69) is 10.6 Å². The molecular formula is C28H36N2O6. The second kappa shape index (κ2) is 12.3. The Morgan fingerprint density at radius 2 is 1.89 bits per heavy atom. The SMILES string of the molecule is CC[C@H](C[C@H](O)[C@H](Cc1ccccc1)NC(=O)O[C@H]1CCOC1)C(=O)N[C@H]1c2ccccc2C[C@H]1O. The van der Waals surface area contributed by atoms with Gasteiger partial charge < -0.3 is 30.3 Å². The van der Waals surface area contributed by atoms with Gasteiger partial charge in [-0.3, -0.25) is 4.79 Å². The van der Waals surface area contributed by atoms with Crippen LogP contribution >= 0.6 is 0 Å². The number of hydrogen-bond donors (Lipinski definition) is 4. The van der Waals surface area contributed by atoms with Crippen LogP contribution in [-0.4, -0.2) is 59.8 Å². The molecule has 2 amide bonds. The average Bonchev–Trinajstić information content (AvgIpc) is 3.50. The standard InChI is InChI=1S/C28H36N2O6/c1-2-19(27(33)30-26-22-11-7-6-10-20(22)16-25(26)32)15-24(31)23(14-18-8-4-3-5-9-18)29-28(34)36-21-12-13-35-17-21/h3-11,19,21,23-26,31-32H,2,12-17H2,1H3,(H,29,34)(H,30,33)/t19-,21+,23+,24+,25-,26+/m1/s1. The summed E-state index contributed by atoms with van der Waals surface area (Å²) >= 11 is 0.